The number of nitrogens with zero attached hydrogens (tertiary/aromatic N) is 1. The summed E-state index contributed by atoms with van der Waals surface area (Å²) in [6.45, 7) is 30.1. The number of ether oxygens (including phenoxy) is 3. The highest BCUT2D eigenvalue weighted by Crippen LogP contribution is 2.47. The van der Waals surface area contributed by atoms with Crippen LogP contribution in [-0.4, -0.2) is 64.0 Å². The molecule has 0 N–H and O–H groups in total. The summed E-state index contributed by atoms with van der Waals surface area (Å²) < 4.78 is 33.2. The molecule has 0 aliphatic carbocycles. The van der Waals surface area contributed by atoms with Gasteiger partial charge in [-0.1, -0.05) is 78.0 Å². The first-order valence-electron chi connectivity index (χ1n) is 14.5. The van der Waals surface area contributed by atoms with Crippen LogP contribution in [0.4, 0.5) is 4.79 Å². The zero-order chi connectivity index (χ0) is 30.3. The van der Waals surface area contributed by atoms with E-state index in [0.717, 1.165) is 5.56 Å². The lowest BCUT2D eigenvalue weighted by Gasteiger charge is -2.54. The molecule has 226 valence electrons. The molecule has 5 atom stereocenters. The molecule has 0 radical (unpaired) electrons. The number of piperidine rings is 1. The van der Waals surface area contributed by atoms with E-state index in [9.17, 15) is 4.79 Å². The Kier molecular flexibility index (Phi) is 9.61. The molecule has 2 aliphatic heterocycles. The lowest BCUT2D eigenvalue weighted by molar-refractivity contribution is -0.166. The maximum atomic E-state index is 14.1. The van der Waals surface area contributed by atoms with E-state index in [2.05, 4.69) is 74.3 Å². The average Bonchev–Trinajstić information content (AvgIpc) is 3.14. The van der Waals surface area contributed by atoms with Crippen LogP contribution in [0.25, 0.3) is 0 Å². The molecule has 3 rings (SSSR count). The number of amides is 1. The summed E-state index contributed by atoms with van der Waals surface area (Å²) in [6.07, 6.45) is -0.186. The predicted molar refractivity (Wildman–Crippen MR) is 165 cm³/mol. The standard InChI is InChI=1S/C31H53NO6Si2/c1-14-18-23-24(37-39(10,11)29(2,3)4)25-26(36-31(8,9)35-25)27(38-40(12,13)30(5,6)7)32(23)28(33)34-21-22-19-16-15-17-20-22/h14-17,19-20,23-27H,1,18,21H2,2-13H3/t23-,24+,25-,26-,27-/m1/s1. The van der Waals surface area contributed by atoms with Gasteiger partial charge in [-0.2, -0.15) is 0 Å². The van der Waals surface area contributed by atoms with Gasteiger partial charge in [-0.3, -0.25) is 4.90 Å². The van der Waals surface area contributed by atoms with Gasteiger partial charge in [0.15, 0.2) is 28.6 Å². The second kappa shape index (κ2) is 11.6. The summed E-state index contributed by atoms with van der Waals surface area (Å²) in [5.74, 6) is -0.859. The third-order valence-corrected chi connectivity index (χ3v) is 18.0. The van der Waals surface area contributed by atoms with Crippen molar-refractivity contribution < 1.29 is 27.9 Å². The quantitative estimate of drug-likeness (QED) is 0.227. The zero-order valence-corrected chi connectivity index (χ0v) is 28.9. The largest absolute Gasteiger partial charge is 0.444 e. The molecule has 0 saturated carbocycles. The Morgan fingerprint density at radius 2 is 1.48 bits per heavy atom. The van der Waals surface area contributed by atoms with Crippen molar-refractivity contribution in [1.82, 2.24) is 4.90 Å². The van der Waals surface area contributed by atoms with Crippen molar-refractivity contribution in [2.45, 2.75) is 141 Å². The molecule has 40 heavy (non-hydrogen) atoms. The Bertz CT molecular complexity index is 1030. The molecule has 7 nitrogen and oxygen atoms in total. The summed E-state index contributed by atoms with van der Waals surface area (Å²) in [5.41, 5.74) is 0.920. The molecule has 0 bridgehead atoms. The fraction of sp³-hybridized carbons (Fsp3) is 0.710. The minimum atomic E-state index is -2.37. The topological polar surface area (TPSA) is 66.5 Å². The summed E-state index contributed by atoms with van der Waals surface area (Å²) in [5, 5.41) is -0.122. The molecule has 2 heterocycles. The van der Waals surface area contributed by atoms with Gasteiger partial charge in [0.25, 0.3) is 0 Å². The minimum absolute atomic E-state index is 0.0384. The zero-order valence-electron chi connectivity index (χ0n) is 26.9. The van der Waals surface area contributed by atoms with Crippen molar-refractivity contribution in [2.24, 2.45) is 0 Å². The smallest absolute Gasteiger partial charge is 0.412 e. The van der Waals surface area contributed by atoms with E-state index in [1.807, 2.05) is 50.3 Å². The van der Waals surface area contributed by atoms with E-state index in [1.54, 1.807) is 4.90 Å². The van der Waals surface area contributed by atoms with Crippen LogP contribution in [0, 0.1) is 0 Å². The van der Waals surface area contributed by atoms with Gasteiger partial charge in [0.05, 0.1) is 12.1 Å². The van der Waals surface area contributed by atoms with E-state index in [0.29, 0.717) is 6.42 Å². The molecule has 2 fully saturated rings. The lowest BCUT2D eigenvalue weighted by atomic mass is 9.91. The Labute approximate surface area is 244 Å². The number of likely N-dealkylation sites (tertiary alicyclic amines) is 1. The van der Waals surface area contributed by atoms with Gasteiger partial charge in [0.2, 0.25) is 0 Å². The first-order valence-corrected chi connectivity index (χ1v) is 20.3. The van der Waals surface area contributed by atoms with E-state index < -0.39 is 59.1 Å². The monoisotopic (exact) mass is 591 g/mol. The van der Waals surface area contributed by atoms with Crippen LogP contribution in [0.1, 0.15) is 67.4 Å². The second-order valence-corrected chi connectivity index (χ2v) is 24.2. The third-order valence-electron chi connectivity index (χ3n) is 9.06. The number of fused-ring (bicyclic) bond motifs is 1. The van der Waals surface area contributed by atoms with Crippen LogP contribution in [0.2, 0.25) is 36.3 Å². The van der Waals surface area contributed by atoms with Gasteiger partial charge in [-0.05, 0) is 62.1 Å². The summed E-state index contributed by atoms with van der Waals surface area (Å²) >= 11 is 0. The molecular weight excluding hydrogens is 539 g/mol. The molecule has 1 amide bonds. The average molecular weight is 592 g/mol. The van der Waals surface area contributed by atoms with Crippen LogP contribution in [-0.2, 0) is 29.7 Å². The molecule has 1 aromatic carbocycles. The van der Waals surface area contributed by atoms with E-state index in [4.69, 9.17) is 23.1 Å². The van der Waals surface area contributed by atoms with E-state index in [1.165, 1.54) is 0 Å². The number of carbonyl (C=O) groups excluding carboxylic acids is 1. The van der Waals surface area contributed by atoms with Crippen LogP contribution >= 0.6 is 0 Å². The molecule has 0 unspecified atom stereocenters. The molecule has 9 heteroatoms. The van der Waals surface area contributed by atoms with Crippen LogP contribution in [0.3, 0.4) is 0 Å². The highest BCUT2D eigenvalue weighted by Gasteiger charge is 2.62. The molecule has 0 aromatic heterocycles. The maximum Gasteiger partial charge on any atom is 0.412 e. The molecule has 2 saturated heterocycles. The van der Waals surface area contributed by atoms with Crippen molar-refractivity contribution in [3.05, 3.63) is 48.6 Å². The first kappa shape index (κ1) is 33.0. The number of rotatable bonds is 8. The van der Waals surface area contributed by atoms with Gasteiger partial charge >= 0.3 is 6.09 Å². The third kappa shape index (κ3) is 7.10. The van der Waals surface area contributed by atoms with Crippen LogP contribution in [0.5, 0.6) is 0 Å². The molecule has 2 aliphatic rings. The predicted octanol–water partition coefficient (Wildman–Crippen LogP) is 7.84. The van der Waals surface area contributed by atoms with Crippen LogP contribution < -0.4 is 0 Å². The highest BCUT2D eigenvalue weighted by atomic mass is 28.4. The van der Waals surface area contributed by atoms with Crippen molar-refractivity contribution in [2.75, 3.05) is 0 Å². The van der Waals surface area contributed by atoms with Gasteiger partial charge in [0, 0.05) is 0 Å². The summed E-state index contributed by atoms with van der Waals surface area (Å²) in [7, 11) is -4.65. The van der Waals surface area contributed by atoms with Gasteiger partial charge < -0.3 is 23.1 Å². The van der Waals surface area contributed by atoms with E-state index >= 15 is 0 Å². The fourth-order valence-corrected chi connectivity index (χ4v) is 7.26. The van der Waals surface area contributed by atoms with E-state index in [-0.39, 0.29) is 16.7 Å². The van der Waals surface area contributed by atoms with Gasteiger partial charge in [-0.25, -0.2) is 4.79 Å². The van der Waals surface area contributed by atoms with Crippen molar-refractivity contribution in [3.63, 3.8) is 0 Å². The van der Waals surface area contributed by atoms with Crippen molar-refractivity contribution >= 4 is 22.7 Å². The summed E-state index contributed by atoms with van der Waals surface area (Å²) in [4.78, 5) is 15.9. The number of carbonyl (C=O) groups is 1. The van der Waals surface area contributed by atoms with Crippen molar-refractivity contribution in [1.29, 1.82) is 0 Å². The van der Waals surface area contributed by atoms with Crippen molar-refractivity contribution in [3.8, 4) is 0 Å². The fourth-order valence-electron chi connectivity index (χ4n) is 4.73. The molecular formula is C31H53NO6Si2. The SMILES string of the molecule is C=CC[C@@H]1[C@H](O[Si](C)(C)C(C)(C)C)[C@H]2OC(C)(C)O[C@H]2[C@@H](O[Si](C)(C)C(C)(C)C)N1C(=O)OCc1ccccc1. The molecule has 1 aromatic rings. The Hall–Kier alpha value is -1.50. The lowest BCUT2D eigenvalue weighted by Crippen LogP contribution is -2.71. The number of benzene rings is 1. The Balaban J connectivity index is 2.12. The minimum Gasteiger partial charge on any atom is -0.444 e. The van der Waals surface area contributed by atoms with Gasteiger partial charge in [0.1, 0.15) is 18.8 Å². The maximum absolute atomic E-state index is 14.1. The first-order chi connectivity index (χ1) is 18.2. The Morgan fingerprint density at radius 3 is 2.00 bits per heavy atom. The van der Waals surface area contributed by atoms with Gasteiger partial charge in [-0.15, -0.1) is 6.58 Å². The number of hydrogen-bond donors (Lipinski definition) is 0. The normalized spacial score (nSPS) is 27.3. The number of hydrogen-bond acceptors (Lipinski definition) is 6. The second-order valence-electron chi connectivity index (χ2n) is 14.7. The van der Waals surface area contributed by atoms with Crippen LogP contribution in [0.15, 0.2) is 43.0 Å². The highest BCUT2D eigenvalue weighted by molar-refractivity contribution is 6.74. The Morgan fingerprint density at radius 1 is 0.950 bits per heavy atom. The summed E-state index contributed by atoms with van der Waals surface area (Å²) in [6, 6.07) is 9.32. The molecule has 0 spiro atoms.